The number of methoxy groups -OCH3 is 3. The summed E-state index contributed by atoms with van der Waals surface area (Å²) in [5.41, 5.74) is 0. The number of benzene rings is 2. The van der Waals surface area contributed by atoms with Crippen LogP contribution in [0, 0.1) is 0 Å². The van der Waals surface area contributed by atoms with Gasteiger partial charge in [0.15, 0.2) is 28.7 Å². The maximum atomic E-state index is 6.11. The molecule has 0 aromatic heterocycles. The molecule has 130 valence electrons. The molecule has 0 aliphatic carbocycles. The summed E-state index contributed by atoms with van der Waals surface area (Å²) in [6.07, 6.45) is 0. The summed E-state index contributed by atoms with van der Waals surface area (Å²) in [6.45, 7) is 0. The Morgan fingerprint density at radius 3 is 1.71 bits per heavy atom. The zero-order valence-electron chi connectivity index (χ0n) is 12.7. The summed E-state index contributed by atoms with van der Waals surface area (Å²) < 4.78 is 26.0. The maximum absolute atomic E-state index is 6.11. The van der Waals surface area contributed by atoms with Crippen LogP contribution in [-0.4, -0.2) is 21.3 Å². The van der Waals surface area contributed by atoms with Gasteiger partial charge in [-0.05, 0) is 75.9 Å². The first kappa shape index (κ1) is 20.4. The summed E-state index contributed by atoms with van der Waals surface area (Å²) in [4.78, 5) is 0. The van der Waals surface area contributed by atoms with Gasteiger partial charge in [-0.25, -0.2) is 0 Å². The second-order valence-electron chi connectivity index (χ2n) is 4.36. The van der Waals surface area contributed by atoms with Crippen molar-refractivity contribution in [1.82, 2.24) is 0 Å². The monoisotopic (exact) mass is 650 g/mol. The van der Waals surface area contributed by atoms with E-state index in [2.05, 4.69) is 79.6 Å². The number of halogens is 5. The SMILES string of the molecule is COc1c(Br)cc(Br)cc1Oc1c(Br)c(OC)c(Br)c(Br)c1OC. The molecule has 0 saturated carbocycles. The van der Waals surface area contributed by atoms with Crippen LogP contribution in [0.2, 0.25) is 0 Å². The van der Waals surface area contributed by atoms with E-state index >= 15 is 0 Å². The fourth-order valence-corrected chi connectivity index (χ4v) is 5.27. The van der Waals surface area contributed by atoms with Crippen molar-refractivity contribution in [3.05, 3.63) is 34.5 Å². The lowest BCUT2D eigenvalue weighted by Crippen LogP contribution is -1.98. The number of ether oxygens (including phenoxy) is 4. The van der Waals surface area contributed by atoms with Crippen LogP contribution in [0.25, 0.3) is 0 Å². The van der Waals surface area contributed by atoms with Crippen molar-refractivity contribution >= 4 is 79.6 Å². The Labute approximate surface area is 181 Å². The van der Waals surface area contributed by atoms with Crippen LogP contribution in [0.3, 0.4) is 0 Å². The molecule has 0 N–H and O–H groups in total. The summed E-state index contributed by atoms with van der Waals surface area (Å²) in [5.74, 6) is 2.60. The van der Waals surface area contributed by atoms with Crippen molar-refractivity contribution in [2.45, 2.75) is 0 Å². The van der Waals surface area contributed by atoms with E-state index in [0.717, 1.165) is 8.95 Å². The first-order chi connectivity index (χ1) is 11.3. The van der Waals surface area contributed by atoms with Gasteiger partial charge in [-0.15, -0.1) is 0 Å². The third-order valence-corrected chi connectivity index (χ3v) is 6.81. The molecule has 2 aromatic rings. The van der Waals surface area contributed by atoms with E-state index in [4.69, 9.17) is 18.9 Å². The fourth-order valence-electron chi connectivity index (χ4n) is 1.97. The van der Waals surface area contributed by atoms with Crippen molar-refractivity contribution in [3.8, 4) is 28.7 Å². The third-order valence-electron chi connectivity index (χ3n) is 3.00. The second kappa shape index (κ2) is 8.62. The highest BCUT2D eigenvalue weighted by molar-refractivity contribution is 9.13. The van der Waals surface area contributed by atoms with E-state index in [1.165, 1.54) is 0 Å². The molecular weight excluding hydrogens is 644 g/mol. The van der Waals surface area contributed by atoms with Crippen molar-refractivity contribution in [2.24, 2.45) is 0 Å². The lowest BCUT2D eigenvalue weighted by Gasteiger charge is -2.19. The van der Waals surface area contributed by atoms with Crippen LogP contribution in [0.15, 0.2) is 34.5 Å². The van der Waals surface area contributed by atoms with Gasteiger partial charge < -0.3 is 18.9 Å². The Kier molecular flexibility index (Phi) is 7.31. The number of rotatable bonds is 5. The van der Waals surface area contributed by atoms with E-state index < -0.39 is 0 Å². The Morgan fingerprint density at radius 2 is 1.17 bits per heavy atom. The average molecular weight is 655 g/mol. The Hall–Kier alpha value is 0.0400. The maximum Gasteiger partial charge on any atom is 0.188 e. The minimum absolute atomic E-state index is 0.452. The molecule has 0 fully saturated rings. The van der Waals surface area contributed by atoms with Gasteiger partial charge in [0.05, 0.1) is 34.7 Å². The molecule has 0 bridgehead atoms. The highest BCUT2D eigenvalue weighted by Gasteiger charge is 2.25. The molecule has 0 atom stereocenters. The highest BCUT2D eigenvalue weighted by atomic mass is 79.9. The summed E-state index contributed by atoms with van der Waals surface area (Å²) in [6, 6.07) is 3.67. The Morgan fingerprint density at radius 1 is 0.625 bits per heavy atom. The zero-order valence-corrected chi connectivity index (χ0v) is 20.6. The molecule has 9 heteroatoms. The Bertz CT molecular complexity index is 779. The molecule has 0 aliphatic rings. The van der Waals surface area contributed by atoms with E-state index in [1.807, 2.05) is 6.07 Å². The third kappa shape index (κ3) is 3.90. The molecule has 0 saturated heterocycles. The minimum Gasteiger partial charge on any atom is -0.494 e. The van der Waals surface area contributed by atoms with E-state index in [1.54, 1.807) is 27.4 Å². The van der Waals surface area contributed by atoms with Crippen LogP contribution in [0.4, 0.5) is 0 Å². The average Bonchev–Trinajstić information content (AvgIpc) is 2.53. The van der Waals surface area contributed by atoms with Crippen LogP contribution in [0.5, 0.6) is 28.7 Å². The number of hydrogen-bond acceptors (Lipinski definition) is 4. The van der Waals surface area contributed by atoms with E-state index in [-0.39, 0.29) is 0 Å². The summed E-state index contributed by atoms with van der Waals surface area (Å²) in [5, 5.41) is 0. The first-order valence-corrected chi connectivity index (χ1v) is 10.3. The molecule has 0 radical (unpaired) electrons. The molecule has 0 spiro atoms. The summed E-state index contributed by atoms with van der Waals surface area (Å²) in [7, 11) is 4.71. The van der Waals surface area contributed by atoms with Gasteiger partial charge in [0.2, 0.25) is 0 Å². The second-order valence-corrected chi connectivity index (χ2v) is 8.51. The lowest BCUT2D eigenvalue weighted by molar-refractivity contribution is 0.346. The smallest absolute Gasteiger partial charge is 0.188 e. The molecular formula is C15H11Br5O4. The first-order valence-electron chi connectivity index (χ1n) is 6.34. The highest BCUT2D eigenvalue weighted by Crippen LogP contribution is 2.54. The predicted octanol–water partition coefficient (Wildman–Crippen LogP) is 7.32. The van der Waals surface area contributed by atoms with Crippen molar-refractivity contribution in [1.29, 1.82) is 0 Å². The van der Waals surface area contributed by atoms with E-state index in [0.29, 0.717) is 42.2 Å². The zero-order chi connectivity index (χ0) is 18.0. The molecule has 0 unspecified atom stereocenters. The summed E-state index contributed by atoms with van der Waals surface area (Å²) >= 11 is 17.4. The van der Waals surface area contributed by atoms with Crippen LogP contribution < -0.4 is 18.9 Å². The molecule has 24 heavy (non-hydrogen) atoms. The quantitative estimate of drug-likeness (QED) is 0.317. The van der Waals surface area contributed by atoms with Crippen LogP contribution in [0.1, 0.15) is 0 Å². The fraction of sp³-hybridized carbons (Fsp3) is 0.200. The van der Waals surface area contributed by atoms with Gasteiger partial charge in [0.1, 0.15) is 4.47 Å². The largest absolute Gasteiger partial charge is 0.494 e. The van der Waals surface area contributed by atoms with Gasteiger partial charge in [-0.1, -0.05) is 15.9 Å². The van der Waals surface area contributed by atoms with Gasteiger partial charge in [-0.2, -0.15) is 0 Å². The number of hydrogen-bond donors (Lipinski definition) is 0. The lowest BCUT2D eigenvalue weighted by atomic mass is 10.2. The van der Waals surface area contributed by atoms with Gasteiger partial charge >= 0.3 is 0 Å². The molecule has 0 aliphatic heterocycles. The van der Waals surface area contributed by atoms with Crippen molar-refractivity contribution in [3.63, 3.8) is 0 Å². The molecule has 4 nitrogen and oxygen atoms in total. The van der Waals surface area contributed by atoms with E-state index in [9.17, 15) is 0 Å². The molecule has 0 heterocycles. The molecule has 0 amide bonds. The van der Waals surface area contributed by atoms with Crippen molar-refractivity contribution < 1.29 is 18.9 Å². The van der Waals surface area contributed by atoms with Gasteiger partial charge in [0, 0.05) is 4.47 Å². The van der Waals surface area contributed by atoms with Crippen LogP contribution >= 0.6 is 79.6 Å². The normalized spacial score (nSPS) is 10.5. The Balaban J connectivity index is 2.69. The van der Waals surface area contributed by atoms with Gasteiger partial charge in [0.25, 0.3) is 0 Å². The minimum atomic E-state index is 0.452. The molecule has 2 rings (SSSR count). The molecule has 2 aromatic carbocycles. The standard InChI is InChI=1S/C15H11Br5O4/c1-21-12-7(17)4-6(16)5-8(12)24-15-11(20)13(22-2)9(18)10(19)14(15)23-3/h4-5H,1-3H3. The topological polar surface area (TPSA) is 36.9 Å². The van der Waals surface area contributed by atoms with Crippen LogP contribution in [-0.2, 0) is 0 Å². The van der Waals surface area contributed by atoms with Crippen molar-refractivity contribution in [2.75, 3.05) is 21.3 Å². The predicted molar refractivity (Wildman–Crippen MR) is 111 cm³/mol. The van der Waals surface area contributed by atoms with Gasteiger partial charge in [-0.3, -0.25) is 0 Å².